The highest BCUT2D eigenvalue weighted by Gasteiger charge is 2.14. The summed E-state index contributed by atoms with van der Waals surface area (Å²) in [5, 5.41) is 8.72. The first-order chi connectivity index (χ1) is 7.35. The van der Waals surface area contributed by atoms with Gasteiger partial charge < -0.3 is 14.7 Å². The SMILES string of the molecule is CCc1cc2c(cc1CNO)OCCO2. The second-order valence-corrected chi connectivity index (χ2v) is 3.45. The number of hydroxylamine groups is 1. The van der Waals surface area contributed by atoms with E-state index < -0.39 is 0 Å². The smallest absolute Gasteiger partial charge is 0.161 e. The minimum Gasteiger partial charge on any atom is -0.486 e. The van der Waals surface area contributed by atoms with Gasteiger partial charge in [0, 0.05) is 6.54 Å². The van der Waals surface area contributed by atoms with Gasteiger partial charge in [0.15, 0.2) is 11.5 Å². The van der Waals surface area contributed by atoms with Crippen molar-refractivity contribution in [2.45, 2.75) is 19.9 Å². The van der Waals surface area contributed by atoms with Gasteiger partial charge in [0.2, 0.25) is 0 Å². The van der Waals surface area contributed by atoms with Crippen molar-refractivity contribution >= 4 is 0 Å². The van der Waals surface area contributed by atoms with Crippen LogP contribution in [0.5, 0.6) is 11.5 Å². The van der Waals surface area contributed by atoms with Crippen LogP contribution in [0.3, 0.4) is 0 Å². The molecule has 1 aliphatic rings. The standard InChI is InChI=1S/C11H15NO3/c1-2-8-5-10-11(15-4-3-14-10)6-9(8)7-12-13/h5-6,12-13H,2-4,7H2,1H3. The van der Waals surface area contributed by atoms with Gasteiger partial charge >= 0.3 is 0 Å². The highest BCUT2D eigenvalue weighted by molar-refractivity contribution is 5.48. The Morgan fingerprint density at radius 3 is 2.33 bits per heavy atom. The first-order valence-electron chi connectivity index (χ1n) is 5.13. The van der Waals surface area contributed by atoms with Crippen LogP contribution in [-0.4, -0.2) is 18.4 Å². The lowest BCUT2D eigenvalue weighted by atomic mass is 10.0. The minimum absolute atomic E-state index is 0.430. The molecule has 0 amide bonds. The molecule has 0 bridgehead atoms. The number of hydrogen-bond acceptors (Lipinski definition) is 4. The van der Waals surface area contributed by atoms with Crippen LogP contribution < -0.4 is 15.0 Å². The molecule has 0 saturated heterocycles. The first kappa shape index (κ1) is 10.3. The molecule has 4 nitrogen and oxygen atoms in total. The van der Waals surface area contributed by atoms with Gasteiger partial charge in [0.25, 0.3) is 0 Å². The van der Waals surface area contributed by atoms with Crippen LogP contribution in [0.1, 0.15) is 18.1 Å². The van der Waals surface area contributed by atoms with Crippen LogP contribution in [0.2, 0.25) is 0 Å². The topological polar surface area (TPSA) is 50.7 Å². The second kappa shape index (κ2) is 4.51. The Hall–Kier alpha value is -1.26. The van der Waals surface area contributed by atoms with Crippen molar-refractivity contribution in [3.63, 3.8) is 0 Å². The lowest BCUT2D eigenvalue weighted by Gasteiger charge is -2.20. The van der Waals surface area contributed by atoms with Gasteiger partial charge in [-0.25, -0.2) is 5.48 Å². The number of benzene rings is 1. The van der Waals surface area contributed by atoms with E-state index in [4.69, 9.17) is 14.7 Å². The van der Waals surface area contributed by atoms with Crippen LogP contribution in [0.15, 0.2) is 12.1 Å². The largest absolute Gasteiger partial charge is 0.486 e. The Labute approximate surface area is 88.8 Å². The zero-order chi connectivity index (χ0) is 10.7. The molecular formula is C11H15NO3. The normalized spacial score (nSPS) is 14.0. The van der Waals surface area contributed by atoms with Crippen molar-refractivity contribution in [1.82, 2.24) is 5.48 Å². The summed E-state index contributed by atoms with van der Waals surface area (Å²) in [6, 6.07) is 3.91. The fourth-order valence-corrected chi connectivity index (χ4v) is 1.75. The Bertz CT molecular complexity index is 352. The third-order valence-corrected chi connectivity index (χ3v) is 2.51. The number of fused-ring (bicyclic) bond motifs is 1. The molecule has 0 atom stereocenters. The van der Waals surface area contributed by atoms with Crippen molar-refractivity contribution in [2.75, 3.05) is 13.2 Å². The Morgan fingerprint density at radius 2 is 1.80 bits per heavy atom. The average Bonchev–Trinajstić information content (AvgIpc) is 2.28. The third-order valence-electron chi connectivity index (χ3n) is 2.51. The summed E-state index contributed by atoms with van der Waals surface area (Å²) in [5.41, 5.74) is 4.38. The van der Waals surface area contributed by atoms with Crippen molar-refractivity contribution in [3.8, 4) is 11.5 Å². The summed E-state index contributed by atoms with van der Waals surface area (Å²) in [6.07, 6.45) is 0.910. The maximum absolute atomic E-state index is 8.72. The summed E-state index contributed by atoms with van der Waals surface area (Å²) in [6.45, 7) is 3.70. The van der Waals surface area contributed by atoms with Gasteiger partial charge in [0.1, 0.15) is 13.2 Å². The summed E-state index contributed by atoms with van der Waals surface area (Å²) >= 11 is 0. The molecule has 4 heteroatoms. The van der Waals surface area contributed by atoms with E-state index in [0.29, 0.717) is 19.8 Å². The van der Waals surface area contributed by atoms with E-state index >= 15 is 0 Å². The quantitative estimate of drug-likeness (QED) is 0.741. The van der Waals surface area contributed by atoms with Gasteiger partial charge in [-0.1, -0.05) is 6.92 Å². The number of nitrogens with one attached hydrogen (secondary N) is 1. The van der Waals surface area contributed by atoms with E-state index in [2.05, 4.69) is 12.4 Å². The number of ether oxygens (including phenoxy) is 2. The fraction of sp³-hybridized carbons (Fsp3) is 0.455. The molecule has 1 heterocycles. The lowest BCUT2D eigenvalue weighted by molar-refractivity contribution is 0.158. The fourth-order valence-electron chi connectivity index (χ4n) is 1.75. The Balaban J connectivity index is 2.37. The van der Waals surface area contributed by atoms with Crippen LogP contribution in [0.25, 0.3) is 0 Å². The monoisotopic (exact) mass is 209 g/mol. The number of hydrogen-bond donors (Lipinski definition) is 2. The van der Waals surface area contributed by atoms with Gasteiger partial charge in [-0.2, -0.15) is 0 Å². The van der Waals surface area contributed by atoms with E-state index in [-0.39, 0.29) is 0 Å². The van der Waals surface area contributed by atoms with Crippen molar-refractivity contribution in [2.24, 2.45) is 0 Å². The Morgan fingerprint density at radius 1 is 1.20 bits per heavy atom. The number of rotatable bonds is 3. The third kappa shape index (κ3) is 2.06. The maximum Gasteiger partial charge on any atom is 0.161 e. The number of aryl methyl sites for hydroxylation is 1. The summed E-state index contributed by atoms with van der Waals surface area (Å²) in [4.78, 5) is 0. The van der Waals surface area contributed by atoms with Crippen molar-refractivity contribution < 1.29 is 14.7 Å². The lowest BCUT2D eigenvalue weighted by Crippen LogP contribution is -2.17. The van der Waals surface area contributed by atoms with E-state index in [1.54, 1.807) is 0 Å². The van der Waals surface area contributed by atoms with Crippen LogP contribution >= 0.6 is 0 Å². The molecule has 0 spiro atoms. The maximum atomic E-state index is 8.72. The van der Waals surface area contributed by atoms with Gasteiger partial charge in [-0.05, 0) is 29.7 Å². The zero-order valence-electron chi connectivity index (χ0n) is 8.75. The van der Waals surface area contributed by atoms with Crippen LogP contribution in [-0.2, 0) is 13.0 Å². The van der Waals surface area contributed by atoms with E-state index in [0.717, 1.165) is 23.5 Å². The van der Waals surface area contributed by atoms with Gasteiger partial charge in [0.05, 0.1) is 0 Å². The second-order valence-electron chi connectivity index (χ2n) is 3.45. The predicted octanol–water partition coefficient (Wildman–Crippen LogP) is 1.50. The molecule has 2 rings (SSSR count). The van der Waals surface area contributed by atoms with E-state index in [1.165, 1.54) is 5.56 Å². The molecule has 82 valence electrons. The molecule has 0 fully saturated rings. The van der Waals surface area contributed by atoms with E-state index in [1.807, 2.05) is 12.1 Å². The molecule has 0 unspecified atom stereocenters. The minimum atomic E-state index is 0.430. The first-order valence-corrected chi connectivity index (χ1v) is 5.13. The summed E-state index contributed by atoms with van der Waals surface area (Å²) in [7, 11) is 0. The predicted molar refractivity (Wildman–Crippen MR) is 55.4 cm³/mol. The van der Waals surface area contributed by atoms with Crippen molar-refractivity contribution in [1.29, 1.82) is 0 Å². The van der Waals surface area contributed by atoms with E-state index in [9.17, 15) is 0 Å². The summed E-state index contributed by atoms with van der Waals surface area (Å²) in [5.74, 6) is 1.57. The zero-order valence-corrected chi connectivity index (χ0v) is 8.75. The summed E-state index contributed by atoms with van der Waals surface area (Å²) < 4.78 is 11.0. The molecule has 1 aromatic rings. The molecule has 0 radical (unpaired) electrons. The highest BCUT2D eigenvalue weighted by Crippen LogP contribution is 2.33. The average molecular weight is 209 g/mol. The molecular weight excluding hydrogens is 194 g/mol. The molecule has 1 aliphatic heterocycles. The highest BCUT2D eigenvalue weighted by atomic mass is 16.6. The van der Waals surface area contributed by atoms with Gasteiger partial charge in [-0.3, -0.25) is 0 Å². The molecule has 0 aromatic heterocycles. The molecule has 0 saturated carbocycles. The van der Waals surface area contributed by atoms with Crippen LogP contribution in [0, 0.1) is 0 Å². The molecule has 2 N–H and O–H groups in total. The molecule has 15 heavy (non-hydrogen) atoms. The van der Waals surface area contributed by atoms with Crippen molar-refractivity contribution in [3.05, 3.63) is 23.3 Å². The molecule has 0 aliphatic carbocycles. The Kier molecular flexibility index (Phi) is 3.08. The van der Waals surface area contributed by atoms with Crippen LogP contribution in [0.4, 0.5) is 0 Å². The van der Waals surface area contributed by atoms with Gasteiger partial charge in [-0.15, -0.1) is 0 Å². The molecule has 1 aromatic carbocycles.